The molecule has 0 saturated carbocycles. The lowest BCUT2D eigenvalue weighted by molar-refractivity contribution is 0.0718. The van der Waals surface area contributed by atoms with Crippen molar-refractivity contribution in [2.75, 3.05) is 40.4 Å². The average molecular weight is 465 g/mol. The van der Waals surface area contributed by atoms with Crippen molar-refractivity contribution in [3.8, 4) is 11.5 Å². The standard InChI is InChI=1S/C27H32N2O5/c1-6-28(7-2)13-8-14-29-24(19-16-18(32-4)10-12-21(19)33-5)23-25(30)20-15-17(3)9-11-22(20)34-26(23)27(29)31/h9-12,15-16,24H,6-8,13-14H2,1-5H3/t24-/m1/s1. The van der Waals surface area contributed by atoms with Crippen LogP contribution in [0.2, 0.25) is 0 Å². The van der Waals surface area contributed by atoms with Gasteiger partial charge in [0.15, 0.2) is 5.43 Å². The molecule has 1 atom stereocenters. The zero-order valence-corrected chi connectivity index (χ0v) is 20.5. The molecule has 0 aliphatic carbocycles. The van der Waals surface area contributed by atoms with Gasteiger partial charge in [0.05, 0.1) is 31.2 Å². The van der Waals surface area contributed by atoms with E-state index in [0.29, 0.717) is 40.1 Å². The summed E-state index contributed by atoms with van der Waals surface area (Å²) in [7, 11) is 3.17. The van der Waals surface area contributed by atoms with E-state index >= 15 is 0 Å². The molecule has 0 unspecified atom stereocenters. The molecule has 0 bridgehead atoms. The molecule has 34 heavy (non-hydrogen) atoms. The van der Waals surface area contributed by atoms with E-state index in [9.17, 15) is 9.59 Å². The molecule has 7 nitrogen and oxygen atoms in total. The normalized spacial score (nSPS) is 15.3. The van der Waals surface area contributed by atoms with Crippen LogP contribution in [-0.2, 0) is 0 Å². The van der Waals surface area contributed by atoms with E-state index in [1.54, 1.807) is 37.3 Å². The van der Waals surface area contributed by atoms with Crippen molar-refractivity contribution < 1.29 is 18.7 Å². The first-order chi connectivity index (χ1) is 16.4. The summed E-state index contributed by atoms with van der Waals surface area (Å²) in [5.74, 6) is 1.05. The minimum Gasteiger partial charge on any atom is -0.497 e. The van der Waals surface area contributed by atoms with Crippen LogP contribution in [0.5, 0.6) is 11.5 Å². The van der Waals surface area contributed by atoms with Crippen LogP contribution in [0.15, 0.2) is 45.6 Å². The topological polar surface area (TPSA) is 72.2 Å². The Morgan fingerprint density at radius 2 is 1.79 bits per heavy atom. The van der Waals surface area contributed by atoms with Crippen LogP contribution in [0.1, 0.15) is 53.6 Å². The van der Waals surface area contributed by atoms with Crippen molar-refractivity contribution in [3.05, 3.63) is 69.1 Å². The smallest absolute Gasteiger partial charge is 0.290 e. The molecule has 3 aromatic rings. The van der Waals surface area contributed by atoms with Crippen molar-refractivity contribution in [1.29, 1.82) is 0 Å². The van der Waals surface area contributed by atoms with Crippen molar-refractivity contribution in [2.24, 2.45) is 0 Å². The average Bonchev–Trinajstić information content (AvgIpc) is 3.13. The fourth-order valence-corrected chi connectivity index (χ4v) is 4.75. The number of carbonyl (C=O) groups excluding carboxylic acids is 1. The maximum Gasteiger partial charge on any atom is 0.290 e. The van der Waals surface area contributed by atoms with E-state index in [1.165, 1.54) is 0 Å². The fraction of sp³-hybridized carbons (Fsp3) is 0.407. The minimum absolute atomic E-state index is 0.110. The number of hydrogen-bond donors (Lipinski definition) is 0. The number of methoxy groups -OCH3 is 2. The molecule has 0 radical (unpaired) electrons. The number of amides is 1. The third kappa shape index (κ3) is 4.16. The van der Waals surface area contributed by atoms with E-state index in [-0.39, 0.29) is 17.1 Å². The van der Waals surface area contributed by atoms with E-state index in [4.69, 9.17) is 13.9 Å². The Labute approximate surface area is 199 Å². The van der Waals surface area contributed by atoms with Crippen LogP contribution in [-0.4, -0.2) is 56.1 Å². The van der Waals surface area contributed by atoms with Gasteiger partial charge in [-0.1, -0.05) is 25.5 Å². The van der Waals surface area contributed by atoms with Crippen LogP contribution in [0, 0.1) is 6.92 Å². The van der Waals surface area contributed by atoms with Crippen LogP contribution in [0.4, 0.5) is 0 Å². The molecular formula is C27H32N2O5. The number of hydrogen-bond acceptors (Lipinski definition) is 6. The second-order valence-electron chi connectivity index (χ2n) is 8.56. The Kier molecular flexibility index (Phi) is 6.93. The highest BCUT2D eigenvalue weighted by atomic mass is 16.5. The summed E-state index contributed by atoms with van der Waals surface area (Å²) in [5.41, 5.74) is 2.25. The second kappa shape index (κ2) is 9.89. The first kappa shape index (κ1) is 23.8. The predicted octanol–water partition coefficient (Wildman–Crippen LogP) is 4.40. The summed E-state index contributed by atoms with van der Waals surface area (Å²) >= 11 is 0. The van der Waals surface area contributed by atoms with Gasteiger partial charge in [-0.3, -0.25) is 9.59 Å². The first-order valence-corrected chi connectivity index (χ1v) is 11.8. The summed E-state index contributed by atoms with van der Waals surface area (Å²) < 4.78 is 17.2. The maximum absolute atomic E-state index is 13.8. The monoisotopic (exact) mass is 464 g/mol. The van der Waals surface area contributed by atoms with Crippen molar-refractivity contribution >= 4 is 16.9 Å². The summed E-state index contributed by atoms with van der Waals surface area (Å²) in [6, 6.07) is 10.3. The number of benzene rings is 2. The molecule has 0 spiro atoms. The Hall–Kier alpha value is -3.32. The lowest BCUT2D eigenvalue weighted by Crippen LogP contribution is -2.33. The number of fused-ring (bicyclic) bond motifs is 2. The largest absolute Gasteiger partial charge is 0.497 e. The Morgan fingerprint density at radius 3 is 2.47 bits per heavy atom. The number of carbonyl (C=O) groups is 1. The third-order valence-corrected chi connectivity index (χ3v) is 6.62. The first-order valence-electron chi connectivity index (χ1n) is 11.8. The lowest BCUT2D eigenvalue weighted by atomic mass is 9.97. The van der Waals surface area contributed by atoms with Gasteiger partial charge >= 0.3 is 0 Å². The van der Waals surface area contributed by atoms with E-state index < -0.39 is 6.04 Å². The van der Waals surface area contributed by atoms with Crippen molar-refractivity contribution in [1.82, 2.24) is 9.80 Å². The van der Waals surface area contributed by atoms with Gasteiger partial charge in [-0.25, -0.2) is 0 Å². The SMILES string of the molecule is CCN(CC)CCCN1C(=O)c2oc3ccc(C)cc3c(=O)c2[C@H]1c1cc(OC)ccc1OC. The summed E-state index contributed by atoms with van der Waals surface area (Å²) in [6.07, 6.45) is 0.775. The van der Waals surface area contributed by atoms with Crippen molar-refractivity contribution in [3.63, 3.8) is 0 Å². The molecule has 1 aliphatic heterocycles. The highest BCUT2D eigenvalue weighted by molar-refractivity contribution is 5.99. The molecule has 2 heterocycles. The minimum atomic E-state index is -0.620. The molecule has 0 fully saturated rings. The van der Waals surface area contributed by atoms with Crippen LogP contribution < -0.4 is 14.9 Å². The zero-order chi connectivity index (χ0) is 24.4. The number of rotatable bonds is 9. The quantitative estimate of drug-likeness (QED) is 0.468. The van der Waals surface area contributed by atoms with E-state index in [2.05, 4.69) is 18.7 Å². The van der Waals surface area contributed by atoms with Gasteiger partial charge in [0.1, 0.15) is 17.1 Å². The third-order valence-electron chi connectivity index (χ3n) is 6.62. The zero-order valence-electron chi connectivity index (χ0n) is 20.5. The van der Waals surface area contributed by atoms with Gasteiger partial charge in [-0.15, -0.1) is 0 Å². The molecule has 0 saturated heterocycles. The van der Waals surface area contributed by atoms with Crippen molar-refractivity contribution in [2.45, 2.75) is 33.2 Å². The summed E-state index contributed by atoms with van der Waals surface area (Å²) in [4.78, 5) is 31.4. The lowest BCUT2D eigenvalue weighted by Gasteiger charge is -2.28. The molecule has 180 valence electrons. The Balaban J connectivity index is 1.88. The molecule has 7 heteroatoms. The Bertz CT molecular complexity index is 1260. The second-order valence-corrected chi connectivity index (χ2v) is 8.56. The maximum atomic E-state index is 13.8. The molecule has 2 aromatic carbocycles. The fourth-order valence-electron chi connectivity index (χ4n) is 4.75. The Morgan fingerprint density at radius 1 is 1.03 bits per heavy atom. The number of nitrogens with zero attached hydrogens (tertiary/aromatic N) is 2. The number of aryl methyl sites for hydroxylation is 1. The van der Waals surface area contributed by atoms with Gasteiger partial charge in [-0.05, 0) is 63.3 Å². The van der Waals surface area contributed by atoms with Crippen LogP contribution in [0.3, 0.4) is 0 Å². The van der Waals surface area contributed by atoms with Gasteiger partial charge in [0, 0.05) is 12.1 Å². The molecule has 0 N–H and O–H groups in total. The van der Waals surface area contributed by atoms with E-state index in [0.717, 1.165) is 31.6 Å². The summed E-state index contributed by atoms with van der Waals surface area (Å²) in [6.45, 7) is 9.42. The van der Waals surface area contributed by atoms with Crippen LogP contribution in [0.25, 0.3) is 11.0 Å². The number of ether oxygens (including phenoxy) is 2. The molecule has 1 aliphatic rings. The van der Waals surface area contributed by atoms with Gasteiger partial charge in [-0.2, -0.15) is 0 Å². The molecule has 1 aromatic heterocycles. The van der Waals surface area contributed by atoms with E-state index in [1.807, 2.05) is 25.1 Å². The van der Waals surface area contributed by atoms with Gasteiger partial charge in [0.2, 0.25) is 5.76 Å². The molecule has 1 amide bonds. The van der Waals surface area contributed by atoms with Crippen LogP contribution >= 0.6 is 0 Å². The van der Waals surface area contributed by atoms with Gasteiger partial charge in [0.25, 0.3) is 5.91 Å². The predicted molar refractivity (Wildman–Crippen MR) is 132 cm³/mol. The molecular weight excluding hydrogens is 432 g/mol. The highest BCUT2D eigenvalue weighted by Gasteiger charge is 2.43. The van der Waals surface area contributed by atoms with Gasteiger partial charge < -0.3 is 23.7 Å². The molecule has 4 rings (SSSR count). The summed E-state index contributed by atoms with van der Waals surface area (Å²) in [5, 5.41) is 0.475. The highest BCUT2D eigenvalue weighted by Crippen LogP contribution is 2.42.